The van der Waals surface area contributed by atoms with E-state index in [1.165, 1.54) is 55.4 Å². The second kappa shape index (κ2) is 5.95. The van der Waals surface area contributed by atoms with Gasteiger partial charge in [-0.3, -0.25) is 14.5 Å². The van der Waals surface area contributed by atoms with Gasteiger partial charge in [-0.25, -0.2) is 0 Å². The maximum Gasteiger partial charge on any atom is 0.293 e. The molecule has 0 radical (unpaired) electrons. The van der Waals surface area contributed by atoms with Crippen molar-refractivity contribution < 1.29 is 9.59 Å². The van der Waals surface area contributed by atoms with E-state index in [2.05, 4.69) is 24.5 Å². The molecule has 0 spiro atoms. The zero-order chi connectivity index (χ0) is 15.9. The quantitative estimate of drug-likeness (QED) is 0.765. The second-order valence-corrected chi connectivity index (χ2v) is 7.22. The van der Waals surface area contributed by atoms with Crippen molar-refractivity contribution in [2.24, 2.45) is 0 Å². The number of carbonyl (C=O) groups is 2. The second-order valence-electron chi connectivity index (χ2n) is 6.23. The predicted molar refractivity (Wildman–Crippen MR) is 89.8 cm³/mol. The Kier molecular flexibility index (Phi) is 4.17. The van der Waals surface area contributed by atoms with E-state index in [9.17, 15) is 9.59 Å². The van der Waals surface area contributed by atoms with Crippen LogP contribution < -0.4 is 0 Å². The maximum atomic E-state index is 12.0. The lowest BCUT2D eigenvalue weighted by Crippen LogP contribution is -2.22. The first kappa shape index (κ1) is 15.4. The van der Waals surface area contributed by atoms with Crippen molar-refractivity contribution in [2.45, 2.75) is 52.0 Å². The number of likely N-dealkylation sites (N-methyl/N-ethyl adjacent to an activating group) is 1. The van der Waals surface area contributed by atoms with E-state index >= 15 is 0 Å². The van der Waals surface area contributed by atoms with Crippen molar-refractivity contribution in [1.29, 1.82) is 0 Å². The highest BCUT2D eigenvalue weighted by Crippen LogP contribution is 2.35. The zero-order valence-electron chi connectivity index (χ0n) is 13.4. The van der Waals surface area contributed by atoms with E-state index < -0.39 is 0 Å². The first-order valence-corrected chi connectivity index (χ1v) is 8.70. The summed E-state index contributed by atoms with van der Waals surface area (Å²) in [5.41, 5.74) is 3.50. The highest BCUT2D eigenvalue weighted by atomic mass is 32.2. The highest BCUT2D eigenvalue weighted by Gasteiger charge is 2.32. The molecule has 22 heavy (non-hydrogen) atoms. The van der Waals surface area contributed by atoms with E-state index in [1.54, 1.807) is 0 Å². The van der Waals surface area contributed by atoms with Crippen LogP contribution in [0.3, 0.4) is 0 Å². The van der Waals surface area contributed by atoms with Gasteiger partial charge in [0.2, 0.25) is 0 Å². The zero-order valence-corrected chi connectivity index (χ0v) is 14.2. The minimum Gasteiger partial charge on any atom is -0.346 e. The normalized spacial score (nSPS) is 22.1. The Morgan fingerprint density at radius 2 is 1.86 bits per heavy atom. The average Bonchev–Trinajstić information content (AvgIpc) is 2.92. The van der Waals surface area contributed by atoms with Gasteiger partial charge in [-0.05, 0) is 56.2 Å². The lowest BCUT2D eigenvalue weighted by atomic mass is 9.95. The predicted octanol–water partition coefficient (Wildman–Crippen LogP) is 4.28. The van der Waals surface area contributed by atoms with Gasteiger partial charge < -0.3 is 4.57 Å². The Hall–Kier alpha value is -1.49. The first-order chi connectivity index (χ1) is 10.5. The molecule has 1 aromatic heterocycles. The molecule has 2 amide bonds. The molecule has 4 nitrogen and oxygen atoms in total. The number of amides is 2. The third-order valence-corrected chi connectivity index (χ3v) is 5.70. The fourth-order valence-corrected chi connectivity index (χ4v) is 4.35. The van der Waals surface area contributed by atoms with Gasteiger partial charge in [-0.2, -0.15) is 0 Å². The van der Waals surface area contributed by atoms with Gasteiger partial charge in [0.15, 0.2) is 0 Å². The van der Waals surface area contributed by atoms with Gasteiger partial charge in [-0.15, -0.1) is 0 Å². The minimum absolute atomic E-state index is 0.197. The van der Waals surface area contributed by atoms with Crippen molar-refractivity contribution in [2.75, 3.05) is 7.05 Å². The van der Waals surface area contributed by atoms with Gasteiger partial charge in [-0.1, -0.05) is 19.3 Å². The summed E-state index contributed by atoms with van der Waals surface area (Å²) in [5.74, 6) is -0.197. The summed E-state index contributed by atoms with van der Waals surface area (Å²) in [6, 6.07) is 2.71. The van der Waals surface area contributed by atoms with Crippen molar-refractivity contribution in [3.63, 3.8) is 0 Å². The van der Waals surface area contributed by atoms with Crippen LogP contribution in [0.1, 0.15) is 55.1 Å². The maximum absolute atomic E-state index is 12.0. The molecule has 2 fully saturated rings. The number of carbonyl (C=O) groups excluding carboxylic acids is 2. The number of hydrogen-bond donors (Lipinski definition) is 0. The molecule has 2 heterocycles. The minimum atomic E-state index is -0.197. The molecule has 2 aliphatic rings. The van der Waals surface area contributed by atoms with Crippen LogP contribution in [0.4, 0.5) is 4.79 Å². The molecule has 118 valence electrons. The lowest BCUT2D eigenvalue weighted by molar-refractivity contribution is -0.121. The summed E-state index contributed by atoms with van der Waals surface area (Å²) in [7, 11) is 1.53. The summed E-state index contributed by atoms with van der Waals surface area (Å²) in [4.78, 5) is 25.3. The fraction of sp³-hybridized carbons (Fsp3) is 0.529. The lowest BCUT2D eigenvalue weighted by Gasteiger charge is -2.26. The van der Waals surface area contributed by atoms with Gasteiger partial charge >= 0.3 is 0 Å². The van der Waals surface area contributed by atoms with Gasteiger partial charge in [0.1, 0.15) is 0 Å². The highest BCUT2D eigenvalue weighted by molar-refractivity contribution is 8.18. The van der Waals surface area contributed by atoms with Crippen molar-refractivity contribution in [3.05, 3.63) is 27.9 Å². The van der Waals surface area contributed by atoms with Crippen molar-refractivity contribution >= 4 is 29.0 Å². The molecule has 1 aliphatic carbocycles. The Balaban J connectivity index is 1.93. The van der Waals surface area contributed by atoms with E-state index in [4.69, 9.17) is 0 Å². The third-order valence-electron chi connectivity index (χ3n) is 4.74. The van der Waals surface area contributed by atoms with Crippen LogP contribution in [0.5, 0.6) is 0 Å². The topological polar surface area (TPSA) is 42.3 Å². The molecule has 0 unspecified atom stereocenters. The summed E-state index contributed by atoms with van der Waals surface area (Å²) >= 11 is 1.03. The molecule has 5 heteroatoms. The number of rotatable bonds is 2. The number of nitrogens with zero attached hydrogens (tertiary/aromatic N) is 2. The molecule has 1 saturated carbocycles. The summed E-state index contributed by atoms with van der Waals surface area (Å²) < 4.78 is 2.42. The standard InChI is InChI=1S/C17H22N2O2S/c1-11-9-13(10-15-16(20)18(3)17(21)22-15)12(2)19(11)14-7-5-4-6-8-14/h9-10,14H,4-8H2,1-3H3/b15-10-. The molecule has 1 aliphatic heterocycles. The number of hydrogen-bond acceptors (Lipinski definition) is 3. The van der Waals surface area contributed by atoms with E-state index in [0.717, 1.165) is 17.3 Å². The van der Waals surface area contributed by atoms with Crippen molar-refractivity contribution in [3.8, 4) is 0 Å². The number of thioether (sulfide) groups is 1. The molecule has 0 atom stereocenters. The summed E-state index contributed by atoms with van der Waals surface area (Å²) in [6.07, 6.45) is 8.28. The molecule has 1 aromatic rings. The van der Waals surface area contributed by atoms with E-state index in [1.807, 2.05) is 6.08 Å². The van der Waals surface area contributed by atoms with Crippen LogP contribution in [0.25, 0.3) is 6.08 Å². The SMILES string of the molecule is Cc1cc(/C=C2\SC(=O)N(C)C2=O)c(C)n1C1CCCCC1. The Bertz CT molecular complexity index is 654. The van der Waals surface area contributed by atoms with Gasteiger partial charge in [0.25, 0.3) is 11.1 Å². The molecule has 0 bridgehead atoms. The molecular formula is C17H22N2O2S. The van der Waals surface area contributed by atoms with Crippen LogP contribution in [-0.4, -0.2) is 27.7 Å². The monoisotopic (exact) mass is 318 g/mol. The van der Waals surface area contributed by atoms with Crippen LogP contribution in [-0.2, 0) is 4.79 Å². The smallest absolute Gasteiger partial charge is 0.293 e. The van der Waals surface area contributed by atoms with E-state index in [-0.39, 0.29) is 11.1 Å². The van der Waals surface area contributed by atoms with Gasteiger partial charge in [0, 0.05) is 24.5 Å². The Morgan fingerprint density at radius 3 is 2.45 bits per heavy atom. The van der Waals surface area contributed by atoms with Crippen LogP contribution in [0.2, 0.25) is 0 Å². The molecule has 1 saturated heterocycles. The number of imide groups is 1. The molecule has 3 rings (SSSR count). The fourth-order valence-electron chi connectivity index (χ4n) is 3.54. The molecule has 0 N–H and O–H groups in total. The summed E-state index contributed by atoms with van der Waals surface area (Å²) in [5, 5.41) is -0.197. The number of aryl methyl sites for hydroxylation is 1. The summed E-state index contributed by atoms with van der Waals surface area (Å²) in [6.45, 7) is 4.24. The molecule has 0 aromatic carbocycles. The van der Waals surface area contributed by atoms with E-state index in [0.29, 0.717) is 10.9 Å². The third kappa shape index (κ3) is 2.62. The Labute approximate surface area is 135 Å². The Morgan fingerprint density at radius 1 is 1.18 bits per heavy atom. The van der Waals surface area contributed by atoms with Gasteiger partial charge in [0.05, 0.1) is 4.91 Å². The van der Waals surface area contributed by atoms with Crippen LogP contribution >= 0.6 is 11.8 Å². The van der Waals surface area contributed by atoms with Crippen LogP contribution in [0, 0.1) is 13.8 Å². The van der Waals surface area contributed by atoms with Crippen LogP contribution in [0.15, 0.2) is 11.0 Å². The van der Waals surface area contributed by atoms with Crippen molar-refractivity contribution in [1.82, 2.24) is 9.47 Å². The molecular weight excluding hydrogens is 296 g/mol. The number of aromatic nitrogens is 1. The largest absolute Gasteiger partial charge is 0.346 e. The first-order valence-electron chi connectivity index (χ1n) is 7.89. The average molecular weight is 318 g/mol.